The Hall–Kier alpha value is -0.920. The number of allylic oxidation sites excluding steroid dienone is 1. The van der Waals surface area contributed by atoms with Crippen molar-refractivity contribution in [3.8, 4) is 0 Å². The molecule has 0 aromatic carbocycles. The monoisotopic (exact) mass is 165 g/mol. The van der Waals surface area contributed by atoms with Crippen molar-refractivity contribution in [2.75, 3.05) is 0 Å². The number of hydrogen-bond donors (Lipinski definition) is 0. The fraction of sp³-hybridized carbons (Fsp3) is 0.600. The molecule has 0 radical (unpaired) electrons. The molecule has 0 aromatic heterocycles. The third-order valence-electron chi connectivity index (χ3n) is 2.09. The van der Waals surface area contributed by atoms with Crippen LogP contribution >= 0.6 is 0 Å². The normalized spacial score (nSPS) is 16.8. The molecule has 1 heterocycles. The summed E-state index contributed by atoms with van der Waals surface area (Å²) in [4.78, 5) is 14.6. The molecule has 0 saturated carbocycles. The number of carbonyl (C=O) groups excluding carboxylic acids is 1. The minimum atomic E-state index is 0.829. The van der Waals surface area contributed by atoms with Gasteiger partial charge in [-0.05, 0) is 25.7 Å². The molecule has 1 rings (SSSR count). The molecule has 1 aliphatic heterocycles. The van der Waals surface area contributed by atoms with Crippen LogP contribution in [0.3, 0.4) is 0 Å². The van der Waals surface area contributed by atoms with E-state index < -0.39 is 0 Å². The van der Waals surface area contributed by atoms with Gasteiger partial charge in [-0.1, -0.05) is 13.3 Å². The highest BCUT2D eigenvalue weighted by molar-refractivity contribution is 5.88. The molecule has 0 N–H and O–H groups in total. The van der Waals surface area contributed by atoms with E-state index in [0.29, 0.717) is 0 Å². The zero-order chi connectivity index (χ0) is 8.81. The largest absolute Gasteiger partial charge is 0.298 e. The summed E-state index contributed by atoms with van der Waals surface area (Å²) in [6, 6.07) is 0. The van der Waals surface area contributed by atoms with Gasteiger partial charge in [0.2, 0.25) is 0 Å². The van der Waals surface area contributed by atoms with E-state index in [1.807, 2.05) is 0 Å². The highest BCUT2D eigenvalue weighted by Gasteiger charge is 2.05. The van der Waals surface area contributed by atoms with Gasteiger partial charge in [-0.15, -0.1) is 0 Å². The van der Waals surface area contributed by atoms with Crippen LogP contribution in [0.1, 0.15) is 39.0 Å². The van der Waals surface area contributed by atoms with Crippen molar-refractivity contribution >= 4 is 12.0 Å². The van der Waals surface area contributed by atoms with Crippen LogP contribution in [-0.4, -0.2) is 12.0 Å². The summed E-state index contributed by atoms with van der Waals surface area (Å²) in [5.74, 6) is 0. The number of rotatable bonds is 4. The van der Waals surface area contributed by atoms with E-state index in [4.69, 9.17) is 0 Å². The number of hydrogen-bond acceptors (Lipinski definition) is 2. The maximum absolute atomic E-state index is 10.3. The van der Waals surface area contributed by atoms with Crippen molar-refractivity contribution in [3.05, 3.63) is 11.8 Å². The van der Waals surface area contributed by atoms with Gasteiger partial charge in [0.15, 0.2) is 0 Å². The second-order valence-electron chi connectivity index (χ2n) is 3.12. The van der Waals surface area contributed by atoms with Gasteiger partial charge in [0.1, 0.15) is 6.29 Å². The van der Waals surface area contributed by atoms with Gasteiger partial charge in [0.05, 0.1) is 0 Å². The van der Waals surface area contributed by atoms with Crippen molar-refractivity contribution in [1.29, 1.82) is 0 Å². The predicted molar refractivity (Wildman–Crippen MR) is 50.3 cm³/mol. The Morgan fingerprint density at radius 2 is 2.42 bits per heavy atom. The SMILES string of the molecule is CCCCC1=NC=C(C=O)CC1. The van der Waals surface area contributed by atoms with Crippen LogP contribution in [-0.2, 0) is 4.79 Å². The van der Waals surface area contributed by atoms with E-state index in [9.17, 15) is 4.79 Å². The van der Waals surface area contributed by atoms with Crippen LogP contribution in [0.4, 0.5) is 0 Å². The molecule has 0 unspecified atom stereocenters. The van der Waals surface area contributed by atoms with Crippen molar-refractivity contribution in [3.63, 3.8) is 0 Å². The molecule has 0 aliphatic carbocycles. The molecule has 0 atom stereocenters. The van der Waals surface area contributed by atoms with Gasteiger partial charge in [-0.3, -0.25) is 9.79 Å². The summed E-state index contributed by atoms with van der Waals surface area (Å²) in [5.41, 5.74) is 2.08. The Labute approximate surface area is 73.4 Å². The molecule has 0 saturated heterocycles. The molecular weight excluding hydrogens is 150 g/mol. The molecule has 0 amide bonds. The first-order valence-electron chi connectivity index (χ1n) is 4.56. The van der Waals surface area contributed by atoms with Crippen LogP contribution < -0.4 is 0 Å². The zero-order valence-electron chi connectivity index (χ0n) is 7.55. The smallest absolute Gasteiger partial charge is 0.147 e. The summed E-state index contributed by atoms with van der Waals surface area (Å²) in [6.07, 6.45) is 7.99. The van der Waals surface area contributed by atoms with Crippen LogP contribution in [0.5, 0.6) is 0 Å². The second kappa shape index (κ2) is 4.86. The van der Waals surface area contributed by atoms with Crippen molar-refractivity contribution in [2.45, 2.75) is 39.0 Å². The van der Waals surface area contributed by atoms with E-state index in [0.717, 1.165) is 31.1 Å². The van der Waals surface area contributed by atoms with E-state index in [1.165, 1.54) is 18.6 Å². The molecule has 0 fully saturated rings. The molecule has 66 valence electrons. The lowest BCUT2D eigenvalue weighted by molar-refractivity contribution is -0.105. The molecule has 0 spiro atoms. The fourth-order valence-electron chi connectivity index (χ4n) is 1.25. The van der Waals surface area contributed by atoms with Crippen LogP contribution in [0.25, 0.3) is 0 Å². The standard InChI is InChI=1S/C10H15NO/c1-2-3-4-10-6-5-9(8-12)7-11-10/h7-8H,2-6H2,1H3. The first kappa shape index (κ1) is 9.17. The molecular formula is C10H15NO. The quantitative estimate of drug-likeness (QED) is 0.588. The number of nitrogens with zero attached hydrogens (tertiary/aromatic N) is 1. The third kappa shape index (κ3) is 2.61. The Morgan fingerprint density at radius 1 is 1.58 bits per heavy atom. The number of unbranched alkanes of at least 4 members (excludes halogenated alkanes) is 1. The Bertz CT molecular complexity index is 216. The van der Waals surface area contributed by atoms with E-state index in [-0.39, 0.29) is 0 Å². The van der Waals surface area contributed by atoms with Gasteiger partial charge < -0.3 is 0 Å². The van der Waals surface area contributed by atoms with Gasteiger partial charge >= 0.3 is 0 Å². The van der Waals surface area contributed by atoms with Crippen LogP contribution in [0.2, 0.25) is 0 Å². The summed E-state index contributed by atoms with van der Waals surface area (Å²) >= 11 is 0. The second-order valence-corrected chi connectivity index (χ2v) is 3.12. The van der Waals surface area contributed by atoms with E-state index >= 15 is 0 Å². The van der Waals surface area contributed by atoms with Crippen molar-refractivity contribution in [1.82, 2.24) is 0 Å². The van der Waals surface area contributed by atoms with E-state index in [2.05, 4.69) is 11.9 Å². The van der Waals surface area contributed by atoms with Gasteiger partial charge in [-0.2, -0.15) is 0 Å². The van der Waals surface area contributed by atoms with Crippen molar-refractivity contribution < 1.29 is 4.79 Å². The molecule has 2 nitrogen and oxygen atoms in total. The van der Waals surface area contributed by atoms with Crippen LogP contribution in [0, 0.1) is 0 Å². The maximum Gasteiger partial charge on any atom is 0.147 e. The Morgan fingerprint density at radius 3 is 2.92 bits per heavy atom. The van der Waals surface area contributed by atoms with Gasteiger partial charge in [-0.25, -0.2) is 0 Å². The predicted octanol–water partition coefficient (Wildman–Crippen LogP) is 2.49. The molecule has 0 bridgehead atoms. The zero-order valence-corrected chi connectivity index (χ0v) is 7.55. The minimum Gasteiger partial charge on any atom is -0.298 e. The lowest BCUT2D eigenvalue weighted by atomic mass is 10.0. The lowest BCUT2D eigenvalue weighted by Crippen LogP contribution is -2.03. The third-order valence-corrected chi connectivity index (χ3v) is 2.09. The van der Waals surface area contributed by atoms with E-state index in [1.54, 1.807) is 6.20 Å². The minimum absolute atomic E-state index is 0.829. The summed E-state index contributed by atoms with van der Waals surface area (Å²) in [7, 11) is 0. The Balaban J connectivity index is 2.42. The van der Waals surface area contributed by atoms with Crippen LogP contribution in [0.15, 0.2) is 16.8 Å². The fourth-order valence-corrected chi connectivity index (χ4v) is 1.25. The van der Waals surface area contributed by atoms with Gasteiger partial charge in [0, 0.05) is 17.5 Å². The average molecular weight is 165 g/mol. The highest BCUT2D eigenvalue weighted by atomic mass is 16.1. The highest BCUT2D eigenvalue weighted by Crippen LogP contribution is 2.13. The topological polar surface area (TPSA) is 29.4 Å². The number of carbonyl (C=O) groups is 1. The summed E-state index contributed by atoms with van der Waals surface area (Å²) in [5, 5.41) is 0. The summed E-state index contributed by atoms with van der Waals surface area (Å²) in [6.45, 7) is 2.18. The molecule has 2 heteroatoms. The maximum atomic E-state index is 10.3. The molecule has 12 heavy (non-hydrogen) atoms. The number of aldehydes is 1. The number of aliphatic imine (C=N–C) groups is 1. The summed E-state index contributed by atoms with van der Waals surface area (Å²) < 4.78 is 0. The first-order chi connectivity index (χ1) is 5.86. The van der Waals surface area contributed by atoms with Gasteiger partial charge in [0.25, 0.3) is 0 Å². The first-order valence-corrected chi connectivity index (χ1v) is 4.56. The molecule has 1 aliphatic rings. The lowest BCUT2D eigenvalue weighted by Gasteiger charge is -2.08. The average Bonchev–Trinajstić information content (AvgIpc) is 2.15. The van der Waals surface area contributed by atoms with Crippen molar-refractivity contribution in [2.24, 2.45) is 4.99 Å². The Kier molecular flexibility index (Phi) is 3.71. The molecule has 0 aromatic rings.